The zero-order chi connectivity index (χ0) is 10.1. The second kappa shape index (κ2) is 8.24. The Labute approximate surface area is 81.3 Å². The van der Waals surface area contributed by atoms with Gasteiger partial charge in [-0.25, -0.2) is 0 Å². The van der Waals surface area contributed by atoms with E-state index in [-0.39, 0.29) is 12.3 Å². The third-order valence-electron chi connectivity index (χ3n) is 2.51. The van der Waals surface area contributed by atoms with Crippen molar-refractivity contribution in [1.82, 2.24) is 0 Å². The second-order valence-corrected chi connectivity index (χ2v) is 3.80. The Kier molecular flexibility index (Phi) is 8.00. The summed E-state index contributed by atoms with van der Waals surface area (Å²) in [7, 11) is 0. The van der Waals surface area contributed by atoms with Crippen LogP contribution in [0.25, 0.3) is 0 Å². The van der Waals surface area contributed by atoms with Gasteiger partial charge in [-0.15, -0.1) is 0 Å². The van der Waals surface area contributed by atoms with E-state index >= 15 is 0 Å². The molecule has 2 nitrogen and oxygen atoms in total. The van der Waals surface area contributed by atoms with E-state index < -0.39 is 6.10 Å². The first-order chi connectivity index (χ1) is 6.22. The van der Waals surface area contributed by atoms with Crippen LogP contribution in [0.4, 0.5) is 0 Å². The molecular weight excluding hydrogens is 164 g/mol. The highest BCUT2D eigenvalue weighted by molar-refractivity contribution is 5.50. The van der Waals surface area contributed by atoms with Gasteiger partial charge in [0.1, 0.15) is 6.29 Å². The van der Waals surface area contributed by atoms with Gasteiger partial charge in [-0.05, 0) is 12.3 Å². The van der Waals surface area contributed by atoms with Crippen molar-refractivity contribution in [2.24, 2.45) is 5.92 Å². The van der Waals surface area contributed by atoms with E-state index in [0.29, 0.717) is 0 Å². The molecule has 0 aliphatic rings. The highest BCUT2D eigenvalue weighted by atomic mass is 16.3. The summed E-state index contributed by atoms with van der Waals surface area (Å²) in [4.78, 5) is 10.1. The lowest BCUT2D eigenvalue weighted by atomic mass is 9.95. The molecule has 2 heteroatoms. The van der Waals surface area contributed by atoms with Crippen LogP contribution in [0.2, 0.25) is 0 Å². The van der Waals surface area contributed by atoms with Gasteiger partial charge >= 0.3 is 0 Å². The minimum Gasteiger partial charge on any atom is -0.392 e. The molecule has 0 heterocycles. The number of rotatable bonds is 8. The van der Waals surface area contributed by atoms with Gasteiger partial charge in [-0.3, -0.25) is 0 Å². The molecule has 0 saturated heterocycles. The maximum absolute atomic E-state index is 10.1. The lowest BCUT2D eigenvalue weighted by Crippen LogP contribution is -2.17. The van der Waals surface area contributed by atoms with Gasteiger partial charge in [0.15, 0.2) is 0 Å². The van der Waals surface area contributed by atoms with Gasteiger partial charge in [-0.1, -0.05) is 39.5 Å². The molecule has 0 bridgehead atoms. The number of aliphatic hydroxyl groups is 1. The van der Waals surface area contributed by atoms with Crippen LogP contribution in [0.1, 0.15) is 52.4 Å². The van der Waals surface area contributed by atoms with E-state index in [2.05, 4.69) is 6.92 Å². The highest BCUT2D eigenvalue weighted by Gasteiger charge is 2.12. The molecule has 0 saturated carbocycles. The van der Waals surface area contributed by atoms with Crippen LogP contribution in [0, 0.1) is 5.92 Å². The van der Waals surface area contributed by atoms with E-state index in [1.54, 1.807) is 0 Å². The zero-order valence-electron chi connectivity index (χ0n) is 8.83. The van der Waals surface area contributed by atoms with E-state index in [1.165, 1.54) is 25.7 Å². The van der Waals surface area contributed by atoms with Crippen molar-refractivity contribution >= 4 is 6.29 Å². The standard InChI is InChI=1S/C11H22O2/c1-3-4-5-6-7-10(2)11(13)8-9-12/h9-11,13H,3-8H2,1-2H3. The van der Waals surface area contributed by atoms with Gasteiger partial charge in [0.25, 0.3) is 0 Å². The van der Waals surface area contributed by atoms with Crippen LogP contribution in [-0.2, 0) is 4.79 Å². The summed E-state index contributed by atoms with van der Waals surface area (Å²) in [5.41, 5.74) is 0. The maximum Gasteiger partial charge on any atom is 0.122 e. The Morgan fingerprint density at radius 3 is 2.54 bits per heavy atom. The molecule has 0 aromatic carbocycles. The van der Waals surface area contributed by atoms with Gasteiger partial charge in [0, 0.05) is 6.42 Å². The molecule has 0 aromatic rings. The van der Waals surface area contributed by atoms with Crippen molar-refractivity contribution < 1.29 is 9.90 Å². The Hall–Kier alpha value is -0.370. The molecule has 0 aliphatic heterocycles. The number of carbonyl (C=O) groups is 1. The topological polar surface area (TPSA) is 37.3 Å². The number of carbonyl (C=O) groups excluding carboxylic acids is 1. The van der Waals surface area contributed by atoms with E-state index in [0.717, 1.165) is 12.7 Å². The Morgan fingerprint density at radius 1 is 1.31 bits per heavy atom. The van der Waals surface area contributed by atoms with Crippen molar-refractivity contribution in [3.05, 3.63) is 0 Å². The Balaban J connectivity index is 3.37. The summed E-state index contributed by atoms with van der Waals surface area (Å²) in [5, 5.41) is 9.44. The Bertz CT molecular complexity index is 123. The monoisotopic (exact) mass is 186 g/mol. The summed E-state index contributed by atoms with van der Waals surface area (Å²) >= 11 is 0. The molecule has 2 atom stereocenters. The van der Waals surface area contributed by atoms with E-state index in [9.17, 15) is 9.90 Å². The first-order valence-electron chi connectivity index (χ1n) is 5.34. The van der Waals surface area contributed by atoms with Crippen LogP contribution in [0.15, 0.2) is 0 Å². The zero-order valence-corrected chi connectivity index (χ0v) is 8.83. The van der Waals surface area contributed by atoms with Crippen molar-refractivity contribution in [2.45, 2.75) is 58.5 Å². The molecule has 0 aliphatic carbocycles. The molecule has 13 heavy (non-hydrogen) atoms. The van der Waals surface area contributed by atoms with Gasteiger partial charge in [0.05, 0.1) is 6.10 Å². The summed E-state index contributed by atoms with van der Waals surface area (Å²) in [6, 6.07) is 0. The molecular formula is C11H22O2. The average molecular weight is 186 g/mol. The normalized spacial score (nSPS) is 15.3. The molecule has 0 radical (unpaired) electrons. The van der Waals surface area contributed by atoms with Crippen molar-refractivity contribution in [2.75, 3.05) is 0 Å². The van der Waals surface area contributed by atoms with Crippen molar-refractivity contribution in [3.8, 4) is 0 Å². The van der Waals surface area contributed by atoms with Crippen LogP contribution in [0.3, 0.4) is 0 Å². The summed E-state index contributed by atoms with van der Waals surface area (Å²) in [5.74, 6) is 0.266. The quantitative estimate of drug-likeness (QED) is 0.467. The van der Waals surface area contributed by atoms with Crippen LogP contribution >= 0.6 is 0 Å². The lowest BCUT2D eigenvalue weighted by Gasteiger charge is -2.15. The molecule has 78 valence electrons. The fourth-order valence-corrected chi connectivity index (χ4v) is 1.42. The third-order valence-corrected chi connectivity index (χ3v) is 2.51. The molecule has 0 fully saturated rings. The smallest absolute Gasteiger partial charge is 0.122 e. The Morgan fingerprint density at radius 2 is 2.00 bits per heavy atom. The van der Waals surface area contributed by atoms with Crippen LogP contribution < -0.4 is 0 Å². The second-order valence-electron chi connectivity index (χ2n) is 3.80. The summed E-state index contributed by atoms with van der Waals surface area (Å²) in [6.45, 7) is 4.20. The predicted molar refractivity (Wildman–Crippen MR) is 54.6 cm³/mol. The molecule has 0 amide bonds. The van der Waals surface area contributed by atoms with Crippen molar-refractivity contribution in [1.29, 1.82) is 0 Å². The third kappa shape index (κ3) is 6.76. The van der Waals surface area contributed by atoms with Gasteiger partial charge in [0.2, 0.25) is 0 Å². The minimum absolute atomic E-state index is 0.266. The largest absolute Gasteiger partial charge is 0.392 e. The number of aldehydes is 1. The van der Waals surface area contributed by atoms with E-state index in [1.807, 2.05) is 6.92 Å². The van der Waals surface area contributed by atoms with E-state index in [4.69, 9.17) is 0 Å². The van der Waals surface area contributed by atoms with Gasteiger partial charge in [-0.2, -0.15) is 0 Å². The number of unbranched alkanes of at least 4 members (excludes halogenated alkanes) is 3. The fourth-order valence-electron chi connectivity index (χ4n) is 1.42. The first-order valence-corrected chi connectivity index (χ1v) is 5.34. The SMILES string of the molecule is CCCCCCC(C)C(O)CC=O. The molecule has 2 unspecified atom stereocenters. The number of aliphatic hydroxyl groups excluding tert-OH is 1. The average Bonchev–Trinajstić information content (AvgIpc) is 2.12. The van der Waals surface area contributed by atoms with Crippen molar-refractivity contribution in [3.63, 3.8) is 0 Å². The maximum atomic E-state index is 10.1. The van der Waals surface area contributed by atoms with Gasteiger partial charge < -0.3 is 9.90 Å². The summed E-state index contributed by atoms with van der Waals surface area (Å²) < 4.78 is 0. The molecule has 1 N–H and O–H groups in total. The highest BCUT2D eigenvalue weighted by Crippen LogP contribution is 2.15. The summed E-state index contributed by atoms with van der Waals surface area (Å²) in [6.07, 6.45) is 6.62. The molecule has 0 rings (SSSR count). The molecule has 0 aromatic heterocycles. The fraction of sp³-hybridized carbons (Fsp3) is 0.909. The first kappa shape index (κ1) is 12.6. The minimum atomic E-state index is -0.431. The number of hydrogen-bond acceptors (Lipinski definition) is 2. The van der Waals surface area contributed by atoms with Crippen LogP contribution in [-0.4, -0.2) is 17.5 Å². The lowest BCUT2D eigenvalue weighted by molar-refractivity contribution is -0.110. The van der Waals surface area contributed by atoms with Crippen LogP contribution in [0.5, 0.6) is 0 Å². The molecule has 0 spiro atoms. The predicted octanol–water partition coefficient (Wildman–Crippen LogP) is 2.54. The number of hydrogen-bond donors (Lipinski definition) is 1.